The first-order chi connectivity index (χ1) is 6.77. The maximum atomic E-state index is 5.87. The summed E-state index contributed by atoms with van der Waals surface area (Å²) in [5.74, 6) is 0. The Labute approximate surface area is 85.7 Å². The lowest BCUT2D eigenvalue weighted by Gasteiger charge is -2.17. The molecule has 0 fully saturated rings. The molecule has 2 N–H and O–H groups in total. The van der Waals surface area contributed by atoms with Gasteiger partial charge < -0.3 is 5.73 Å². The van der Waals surface area contributed by atoms with Crippen LogP contribution in [-0.4, -0.2) is 0 Å². The molecule has 0 aromatic rings. The van der Waals surface area contributed by atoms with E-state index in [0.717, 1.165) is 18.5 Å². The molecule has 0 aromatic heterocycles. The van der Waals surface area contributed by atoms with Crippen molar-refractivity contribution in [3.63, 3.8) is 0 Å². The Hall–Kier alpha value is -1.24. The molecular formula is C13H17N. The van der Waals surface area contributed by atoms with Crippen LogP contribution in [0.25, 0.3) is 0 Å². The van der Waals surface area contributed by atoms with Crippen molar-refractivity contribution in [3.8, 4) is 0 Å². The molecule has 0 saturated carbocycles. The molecule has 0 aliphatic heterocycles. The van der Waals surface area contributed by atoms with E-state index in [-0.39, 0.29) is 0 Å². The fraction of sp³-hybridized carbons (Fsp3) is 0.385. The Kier molecular flexibility index (Phi) is 2.58. The summed E-state index contributed by atoms with van der Waals surface area (Å²) in [6.45, 7) is 2.10. The summed E-state index contributed by atoms with van der Waals surface area (Å²) in [5.41, 5.74) is 11.0. The molecule has 0 saturated heterocycles. The van der Waals surface area contributed by atoms with Gasteiger partial charge in [0.05, 0.1) is 0 Å². The molecule has 2 rings (SSSR count). The van der Waals surface area contributed by atoms with Gasteiger partial charge >= 0.3 is 0 Å². The molecule has 0 amide bonds. The van der Waals surface area contributed by atoms with Crippen LogP contribution in [0.2, 0.25) is 0 Å². The number of rotatable bonds is 1. The summed E-state index contributed by atoms with van der Waals surface area (Å²) in [7, 11) is 0. The Bertz CT molecular complexity index is 353. The lowest BCUT2D eigenvalue weighted by Crippen LogP contribution is -2.06. The van der Waals surface area contributed by atoms with Crippen LogP contribution in [-0.2, 0) is 0 Å². The number of hydrogen-bond donors (Lipinski definition) is 1. The van der Waals surface area contributed by atoms with E-state index in [1.54, 1.807) is 0 Å². The second kappa shape index (κ2) is 3.87. The first-order valence-corrected chi connectivity index (χ1v) is 5.30. The molecule has 74 valence electrons. The fourth-order valence-corrected chi connectivity index (χ4v) is 1.97. The third-order valence-electron chi connectivity index (χ3n) is 2.93. The van der Waals surface area contributed by atoms with Crippen LogP contribution in [0.3, 0.4) is 0 Å². The topological polar surface area (TPSA) is 26.0 Å². The molecule has 0 bridgehead atoms. The molecule has 0 aromatic carbocycles. The van der Waals surface area contributed by atoms with Crippen molar-refractivity contribution in [2.45, 2.75) is 32.6 Å². The highest BCUT2D eigenvalue weighted by molar-refractivity contribution is 5.47. The standard InChI is InChI=1S/C13H17N/c1-10-9-12(7-8-13(10)14)11-5-3-2-4-6-11/h3,5-6,9H,2,4,7-8,14H2,1H3. The average Bonchev–Trinajstić information content (AvgIpc) is 2.23. The predicted molar refractivity (Wildman–Crippen MR) is 60.7 cm³/mol. The van der Waals surface area contributed by atoms with E-state index < -0.39 is 0 Å². The van der Waals surface area contributed by atoms with Gasteiger partial charge in [0.2, 0.25) is 0 Å². The second-order valence-electron chi connectivity index (χ2n) is 4.02. The van der Waals surface area contributed by atoms with Crippen LogP contribution < -0.4 is 5.73 Å². The zero-order chi connectivity index (χ0) is 9.97. The number of allylic oxidation sites excluding steroid dienone is 8. The van der Waals surface area contributed by atoms with Crippen LogP contribution in [0.5, 0.6) is 0 Å². The monoisotopic (exact) mass is 187 g/mol. The molecule has 0 unspecified atom stereocenters. The largest absolute Gasteiger partial charge is 0.402 e. The van der Waals surface area contributed by atoms with Crippen LogP contribution >= 0.6 is 0 Å². The maximum Gasteiger partial charge on any atom is 0.0114 e. The van der Waals surface area contributed by atoms with Gasteiger partial charge in [-0.1, -0.05) is 24.3 Å². The Morgan fingerprint density at radius 2 is 2.07 bits per heavy atom. The molecule has 0 spiro atoms. The van der Waals surface area contributed by atoms with Crippen LogP contribution in [0.15, 0.2) is 46.7 Å². The normalized spacial score (nSPS) is 22.1. The smallest absolute Gasteiger partial charge is 0.0114 e. The van der Waals surface area contributed by atoms with Gasteiger partial charge in [-0.15, -0.1) is 0 Å². The van der Waals surface area contributed by atoms with Gasteiger partial charge in [0.15, 0.2) is 0 Å². The highest BCUT2D eigenvalue weighted by atomic mass is 14.6. The molecule has 1 nitrogen and oxygen atoms in total. The van der Waals surface area contributed by atoms with Crippen LogP contribution in [0, 0.1) is 0 Å². The Morgan fingerprint density at radius 3 is 2.71 bits per heavy atom. The van der Waals surface area contributed by atoms with Crippen molar-refractivity contribution >= 4 is 0 Å². The predicted octanol–water partition coefficient (Wildman–Crippen LogP) is 3.22. The van der Waals surface area contributed by atoms with E-state index in [2.05, 4.69) is 31.2 Å². The van der Waals surface area contributed by atoms with E-state index in [9.17, 15) is 0 Å². The highest BCUT2D eigenvalue weighted by Gasteiger charge is 2.11. The fourth-order valence-electron chi connectivity index (χ4n) is 1.97. The number of nitrogens with two attached hydrogens (primary N) is 1. The molecule has 0 heterocycles. The number of hydrogen-bond acceptors (Lipinski definition) is 1. The molecule has 0 radical (unpaired) electrons. The van der Waals surface area contributed by atoms with Gasteiger partial charge in [0.25, 0.3) is 0 Å². The summed E-state index contributed by atoms with van der Waals surface area (Å²) < 4.78 is 0. The van der Waals surface area contributed by atoms with Gasteiger partial charge in [-0.2, -0.15) is 0 Å². The summed E-state index contributed by atoms with van der Waals surface area (Å²) in [6.07, 6.45) is 13.6. The van der Waals surface area contributed by atoms with E-state index in [1.807, 2.05) is 0 Å². The van der Waals surface area contributed by atoms with Gasteiger partial charge in [0, 0.05) is 5.70 Å². The van der Waals surface area contributed by atoms with Crippen molar-refractivity contribution < 1.29 is 0 Å². The van der Waals surface area contributed by atoms with Crippen molar-refractivity contribution in [1.29, 1.82) is 0 Å². The first-order valence-electron chi connectivity index (χ1n) is 5.30. The minimum Gasteiger partial charge on any atom is -0.402 e. The lowest BCUT2D eigenvalue weighted by atomic mass is 9.90. The van der Waals surface area contributed by atoms with Gasteiger partial charge in [0.1, 0.15) is 0 Å². The van der Waals surface area contributed by atoms with Crippen molar-refractivity contribution in [3.05, 3.63) is 46.7 Å². The van der Waals surface area contributed by atoms with E-state index >= 15 is 0 Å². The summed E-state index contributed by atoms with van der Waals surface area (Å²) >= 11 is 0. The van der Waals surface area contributed by atoms with Crippen molar-refractivity contribution in [1.82, 2.24) is 0 Å². The SMILES string of the molecule is CC1=C(N)CCC(C2=CCCC=C2)=C1. The zero-order valence-corrected chi connectivity index (χ0v) is 8.72. The minimum atomic E-state index is 1.02. The van der Waals surface area contributed by atoms with Crippen molar-refractivity contribution in [2.75, 3.05) is 0 Å². The Balaban J connectivity index is 2.24. The van der Waals surface area contributed by atoms with E-state index in [0.29, 0.717) is 0 Å². The lowest BCUT2D eigenvalue weighted by molar-refractivity contribution is 0.877. The summed E-state index contributed by atoms with van der Waals surface area (Å²) in [5, 5.41) is 0. The summed E-state index contributed by atoms with van der Waals surface area (Å²) in [6, 6.07) is 0. The van der Waals surface area contributed by atoms with E-state index in [4.69, 9.17) is 5.73 Å². The molecule has 14 heavy (non-hydrogen) atoms. The quantitative estimate of drug-likeness (QED) is 0.670. The molecule has 2 aliphatic rings. The maximum absolute atomic E-state index is 5.87. The molecule has 1 heteroatoms. The average molecular weight is 187 g/mol. The highest BCUT2D eigenvalue weighted by Crippen LogP contribution is 2.28. The first kappa shape index (κ1) is 9.32. The van der Waals surface area contributed by atoms with Gasteiger partial charge in [-0.05, 0) is 49.3 Å². The third-order valence-corrected chi connectivity index (χ3v) is 2.93. The summed E-state index contributed by atoms with van der Waals surface area (Å²) in [4.78, 5) is 0. The minimum absolute atomic E-state index is 1.02. The van der Waals surface area contributed by atoms with Crippen molar-refractivity contribution in [2.24, 2.45) is 5.73 Å². The molecule has 0 atom stereocenters. The zero-order valence-electron chi connectivity index (χ0n) is 8.72. The third kappa shape index (κ3) is 1.82. The van der Waals surface area contributed by atoms with Gasteiger partial charge in [-0.3, -0.25) is 0 Å². The molecular weight excluding hydrogens is 170 g/mol. The van der Waals surface area contributed by atoms with E-state index in [1.165, 1.54) is 29.6 Å². The van der Waals surface area contributed by atoms with Gasteiger partial charge in [-0.25, -0.2) is 0 Å². The molecule has 2 aliphatic carbocycles. The van der Waals surface area contributed by atoms with Crippen LogP contribution in [0.1, 0.15) is 32.6 Å². The second-order valence-corrected chi connectivity index (χ2v) is 4.02. The van der Waals surface area contributed by atoms with Crippen LogP contribution in [0.4, 0.5) is 0 Å². The Morgan fingerprint density at radius 1 is 1.21 bits per heavy atom.